The van der Waals surface area contributed by atoms with Crippen molar-refractivity contribution in [2.24, 2.45) is 5.73 Å². The highest BCUT2D eigenvalue weighted by molar-refractivity contribution is 7.10. The summed E-state index contributed by atoms with van der Waals surface area (Å²) in [5.41, 5.74) is 7.06. The highest BCUT2D eigenvalue weighted by Gasteiger charge is 2.09. The Balaban J connectivity index is 1.94. The van der Waals surface area contributed by atoms with Gasteiger partial charge in [0.15, 0.2) is 0 Å². The maximum atomic E-state index is 5.77. The second-order valence-corrected chi connectivity index (χ2v) is 4.65. The summed E-state index contributed by atoms with van der Waals surface area (Å²) >= 11 is 1.75. The molecule has 0 aliphatic rings. The molecule has 1 aromatic heterocycles. The van der Waals surface area contributed by atoms with Gasteiger partial charge in [-0.1, -0.05) is 36.4 Å². The van der Waals surface area contributed by atoms with Gasteiger partial charge in [0.25, 0.3) is 0 Å². The number of nitrogens with one attached hydrogen (secondary N) is 1. The molecular weight excluding hydrogens is 216 g/mol. The van der Waals surface area contributed by atoms with E-state index < -0.39 is 0 Å². The van der Waals surface area contributed by atoms with Crippen LogP contribution in [0, 0.1) is 0 Å². The van der Waals surface area contributed by atoms with Gasteiger partial charge < -0.3 is 11.1 Å². The Labute approximate surface area is 100 Å². The van der Waals surface area contributed by atoms with Crippen LogP contribution in [0.5, 0.6) is 0 Å². The van der Waals surface area contributed by atoms with Crippen LogP contribution in [-0.2, 0) is 6.54 Å². The van der Waals surface area contributed by atoms with Crippen LogP contribution < -0.4 is 11.1 Å². The van der Waals surface area contributed by atoms with E-state index in [9.17, 15) is 0 Å². The van der Waals surface area contributed by atoms with Gasteiger partial charge in [0.2, 0.25) is 0 Å². The van der Waals surface area contributed by atoms with Crippen molar-refractivity contribution in [2.45, 2.75) is 12.6 Å². The van der Waals surface area contributed by atoms with Crippen LogP contribution >= 0.6 is 11.3 Å². The molecule has 0 bridgehead atoms. The van der Waals surface area contributed by atoms with Crippen LogP contribution in [0.25, 0.3) is 0 Å². The molecule has 2 nitrogen and oxygen atoms in total. The highest BCUT2D eigenvalue weighted by Crippen LogP contribution is 2.18. The lowest BCUT2D eigenvalue weighted by atomic mass is 10.2. The van der Waals surface area contributed by atoms with Gasteiger partial charge in [-0.15, -0.1) is 11.3 Å². The molecule has 0 saturated heterocycles. The Morgan fingerprint density at radius 2 is 1.94 bits per heavy atom. The molecule has 0 aliphatic heterocycles. The average molecular weight is 232 g/mol. The molecule has 0 saturated carbocycles. The molecule has 1 atom stereocenters. The fourth-order valence-corrected chi connectivity index (χ4v) is 2.44. The first kappa shape index (κ1) is 11.3. The maximum Gasteiger partial charge on any atom is 0.0541 e. The SMILES string of the molecule is NCC(NCc1ccccc1)c1cccs1. The van der Waals surface area contributed by atoms with Crippen molar-refractivity contribution in [3.05, 3.63) is 58.3 Å². The summed E-state index contributed by atoms with van der Waals surface area (Å²) in [6.45, 7) is 1.49. The van der Waals surface area contributed by atoms with E-state index in [1.807, 2.05) is 6.07 Å². The van der Waals surface area contributed by atoms with E-state index >= 15 is 0 Å². The van der Waals surface area contributed by atoms with Crippen LogP contribution in [0.15, 0.2) is 47.8 Å². The Kier molecular flexibility index (Phi) is 4.10. The Bertz CT molecular complexity index is 397. The van der Waals surface area contributed by atoms with Gasteiger partial charge in [-0.2, -0.15) is 0 Å². The fourth-order valence-electron chi connectivity index (χ4n) is 1.63. The zero-order valence-electron chi connectivity index (χ0n) is 9.10. The van der Waals surface area contributed by atoms with E-state index in [2.05, 4.69) is 47.1 Å². The largest absolute Gasteiger partial charge is 0.329 e. The summed E-state index contributed by atoms with van der Waals surface area (Å²) in [6.07, 6.45) is 0. The quantitative estimate of drug-likeness (QED) is 0.831. The molecule has 1 heterocycles. The fraction of sp³-hybridized carbons (Fsp3) is 0.231. The summed E-state index contributed by atoms with van der Waals surface area (Å²) in [5, 5.41) is 5.56. The second kappa shape index (κ2) is 5.80. The third-order valence-corrected chi connectivity index (χ3v) is 3.50. The van der Waals surface area contributed by atoms with Crippen molar-refractivity contribution in [3.63, 3.8) is 0 Å². The number of hydrogen-bond donors (Lipinski definition) is 2. The summed E-state index contributed by atoms with van der Waals surface area (Å²) in [5.74, 6) is 0. The predicted molar refractivity (Wildman–Crippen MR) is 69.4 cm³/mol. The third-order valence-electron chi connectivity index (χ3n) is 2.52. The minimum Gasteiger partial charge on any atom is -0.329 e. The highest BCUT2D eigenvalue weighted by atomic mass is 32.1. The van der Waals surface area contributed by atoms with Gasteiger partial charge in [-0.05, 0) is 17.0 Å². The molecule has 16 heavy (non-hydrogen) atoms. The summed E-state index contributed by atoms with van der Waals surface area (Å²) in [4.78, 5) is 1.30. The average Bonchev–Trinajstić information content (AvgIpc) is 2.85. The van der Waals surface area contributed by atoms with Crippen molar-refractivity contribution in [2.75, 3.05) is 6.54 Å². The van der Waals surface area contributed by atoms with E-state index in [1.165, 1.54) is 10.4 Å². The number of nitrogens with two attached hydrogens (primary N) is 1. The lowest BCUT2D eigenvalue weighted by Crippen LogP contribution is -2.27. The van der Waals surface area contributed by atoms with E-state index in [0.29, 0.717) is 6.54 Å². The molecule has 0 aliphatic carbocycles. The summed E-state index contributed by atoms with van der Waals surface area (Å²) in [7, 11) is 0. The Hall–Kier alpha value is -1.16. The normalized spacial score (nSPS) is 12.6. The molecule has 0 fully saturated rings. The molecule has 2 aromatic rings. The molecular formula is C13H16N2S. The van der Waals surface area contributed by atoms with Crippen molar-refractivity contribution >= 4 is 11.3 Å². The van der Waals surface area contributed by atoms with E-state index in [4.69, 9.17) is 5.73 Å². The summed E-state index contributed by atoms with van der Waals surface area (Å²) < 4.78 is 0. The third kappa shape index (κ3) is 2.92. The van der Waals surface area contributed by atoms with Gasteiger partial charge in [0.05, 0.1) is 6.04 Å². The second-order valence-electron chi connectivity index (χ2n) is 3.67. The van der Waals surface area contributed by atoms with Crippen LogP contribution in [0.4, 0.5) is 0 Å². The van der Waals surface area contributed by atoms with E-state index in [1.54, 1.807) is 11.3 Å². The van der Waals surface area contributed by atoms with Gasteiger partial charge in [-0.3, -0.25) is 0 Å². The molecule has 1 aromatic carbocycles. The smallest absolute Gasteiger partial charge is 0.0541 e. The molecule has 3 N–H and O–H groups in total. The zero-order valence-corrected chi connectivity index (χ0v) is 9.91. The predicted octanol–water partition coefficient (Wildman–Crippen LogP) is 2.54. The van der Waals surface area contributed by atoms with Crippen LogP contribution in [0.3, 0.4) is 0 Å². The standard InChI is InChI=1S/C13H16N2S/c14-9-12(13-7-4-8-16-13)15-10-11-5-2-1-3-6-11/h1-8,12,15H,9-10,14H2. The Morgan fingerprint density at radius 1 is 1.12 bits per heavy atom. The monoisotopic (exact) mass is 232 g/mol. The number of hydrogen-bond acceptors (Lipinski definition) is 3. The van der Waals surface area contributed by atoms with Crippen LogP contribution in [0.1, 0.15) is 16.5 Å². The number of thiophene rings is 1. The van der Waals surface area contributed by atoms with Crippen LogP contribution in [-0.4, -0.2) is 6.54 Å². The van der Waals surface area contributed by atoms with Crippen molar-refractivity contribution in [3.8, 4) is 0 Å². The zero-order chi connectivity index (χ0) is 11.2. The van der Waals surface area contributed by atoms with Crippen molar-refractivity contribution < 1.29 is 0 Å². The first-order chi connectivity index (χ1) is 7.90. The summed E-state index contributed by atoms with van der Waals surface area (Å²) in [6, 6.07) is 14.8. The lowest BCUT2D eigenvalue weighted by Gasteiger charge is -2.15. The van der Waals surface area contributed by atoms with Crippen molar-refractivity contribution in [1.82, 2.24) is 5.32 Å². The maximum absolute atomic E-state index is 5.77. The molecule has 1 unspecified atom stereocenters. The van der Waals surface area contributed by atoms with Crippen molar-refractivity contribution in [1.29, 1.82) is 0 Å². The number of rotatable bonds is 5. The minimum absolute atomic E-state index is 0.264. The Morgan fingerprint density at radius 3 is 2.56 bits per heavy atom. The van der Waals surface area contributed by atoms with Gasteiger partial charge in [0, 0.05) is 18.0 Å². The topological polar surface area (TPSA) is 38.0 Å². The molecule has 0 spiro atoms. The molecule has 3 heteroatoms. The minimum atomic E-state index is 0.264. The van der Waals surface area contributed by atoms with E-state index in [-0.39, 0.29) is 6.04 Å². The van der Waals surface area contributed by atoms with E-state index in [0.717, 1.165) is 6.54 Å². The lowest BCUT2D eigenvalue weighted by molar-refractivity contribution is 0.549. The molecule has 2 rings (SSSR count). The van der Waals surface area contributed by atoms with Gasteiger partial charge in [-0.25, -0.2) is 0 Å². The molecule has 84 valence electrons. The number of benzene rings is 1. The first-order valence-corrected chi connectivity index (χ1v) is 6.29. The molecule has 0 amide bonds. The van der Waals surface area contributed by atoms with Gasteiger partial charge in [0.1, 0.15) is 0 Å². The van der Waals surface area contributed by atoms with Gasteiger partial charge >= 0.3 is 0 Å². The van der Waals surface area contributed by atoms with Crippen LogP contribution in [0.2, 0.25) is 0 Å². The first-order valence-electron chi connectivity index (χ1n) is 5.41. The molecule has 0 radical (unpaired) electrons.